The minimum atomic E-state index is -4.49. The lowest BCUT2D eigenvalue weighted by Gasteiger charge is -2.09. The monoisotopic (exact) mass is 328 g/mol. The molecule has 0 fully saturated rings. The molecular formula is C12H24O6S2. The van der Waals surface area contributed by atoms with Crippen molar-refractivity contribution in [3.8, 4) is 0 Å². The normalized spacial score (nSPS) is 14.8. The molecule has 0 spiro atoms. The van der Waals surface area contributed by atoms with Gasteiger partial charge in [-0.15, -0.1) is 0 Å². The van der Waals surface area contributed by atoms with E-state index < -0.39 is 31.2 Å². The molecule has 0 aromatic heterocycles. The highest BCUT2D eigenvalue weighted by atomic mass is 32.2. The third kappa shape index (κ3) is 11.4. The predicted molar refractivity (Wildman–Crippen MR) is 78.9 cm³/mol. The summed E-state index contributed by atoms with van der Waals surface area (Å²) in [6.45, 7) is 2.13. The number of hydrogen-bond acceptors (Lipinski definition) is 4. The van der Waals surface area contributed by atoms with Crippen molar-refractivity contribution in [1.29, 1.82) is 0 Å². The molecule has 0 bridgehead atoms. The number of hydrogen-bond donors (Lipinski definition) is 2. The van der Waals surface area contributed by atoms with Gasteiger partial charge in [0.15, 0.2) is 0 Å². The van der Waals surface area contributed by atoms with Gasteiger partial charge in [0.1, 0.15) is 5.25 Å². The van der Waals surface area contributed by atoms with Crippen LogP contribution in [0.25, 0.3) is 0 Å². The van der Waals surface area contributed by atoms with Crippen LogP contribution in [0.3, 0.4) is 0 Å². The molecule has 0 rings (SSSR count). The molecule has 0 radical (unpaired) electrons. The zero-order valence-corrected chi connectivity index (χ0v) is 13.4. The molecule has 6 nitrogen and oxygen atoms in total. The van der Waals surface area contributed by atoms with Gasteiger partial charge in [-0.05, 0) is 19.3 Å². The van der Waals surface area contributed by atoms with Gasteiger partial charge in [0.05, 0.1) is 5.75 Å². The summed E-state index contributed by atoms with van der Waals surface area (Å²) < 4.78 is 60.9. The minimum absolute atomic E-state index is 0.131. The summed E-state index contributed by atoms with van der Waals surface area (Å²) in [4.78, 5) is 0. The zero-order valence-electron chi connectivity index (χ0n) is 11.7. The third-order valence-corrected chi connectivity index (χ3v) is 5.09. The Balaban J connectivity index is 4.15. The summed E-state index contributed by atoms with van der Waals surface area (Å²) in [7, 11) is -8.93. The average molecular weight is 328 g/mol. The minimum Gasteiger partial charge on any atom is -0.286 e. The van der Waals surface area contributed by atoms with E-state index in [-0.39, 0.29) is 6.42 Å². The Morgan fingerprint density at radius 3 is 2.05 bits per heavy atom. The molecule has 1 atom stereocenters. The highest BCUT2D eigenvalue weighted by Gasteiger charge is 2.27. The second-order valence-electron chi connectivity index (χ2n) is 4.80. The molecule has 0 aliphatic heterocycles. The van der Waals surface area contributed by atoms with Crippen LogP contribution in [0.5, 0.6) is 0 Å². The smallest absolute Gasteiger partial charge is 0.269 e. The van der Waals surface area contributed by atoms with Gasteiger partial charge in [-0.1, -0.05) is 44.8 Å². The van der Waals surface area contributed by atoms with Crippen LogP contribution in [0.15, 0.2) is 12.2 Å². The standard InChI is InChI=1S/C12H24O6S2/c1-2-3-4-5-6-7-8-9-10-12(20(16,17)18)11-19(13,14)15/h8-9,12H,2-7,10-11H2,1H3,(H,13,14,15)(H,16,17,18)/b9-8+. The van der Waals surface area contributed by atoms with E-state index in [1.807, 2.05) is 0 Å². The molecule has 0 aromatic carbocycles. The topological polar surface area (TPSA) is 109 Å². The first-order valence-electron chi connectivity index (χ1n) is 6.73. The molecule has 0 amide bonds. The predicted octanol–water partition coefficient (Wildman–Crippen LogP) is 2.44. The lowest BCUT2D eigenvalue weighted by molar-refractivity contribution is 0.457. The molecular weight excluding hydrogens is 304 g/mol. The van der Waals surface area contributed by atoms with E-state index >= 15 is 0 Å². The second kappa shape index (κ2) is 9.49. The van der Waals surface area contributed by atoms with Gasteiger partial charge in [-0.2, -0.15) is 16.8 Å². The molecule has 20 heavy (non-hydrogen) atoms. The molecule has 0 heterocycles. The lowest BCUT2D eigenvalue weighted by Crippen LogP contribution is -2.28. The largest absolute Gasteiger partial charge is 0.286 e. The van der Waals surface area contributed by atoms with Crippen LogP contribution in [0.4, 0.5) is 0 Å². The van der Waals surface area contributed by atoms with Crippen LogP contribution in [0.1, 0.15) is 51.9 Å². The summed E-state index contributed by atoms with van der Waals surface area (Å²) in [6.07, 6.45) is 9.58. The van der Waals surface area contributed by atoms with Crippen molar-refractivity contribution < 1.29 is 25.9 Å². The average Bonchev–Trinajstić information content (AvgIpc) is 2.28. The van der Waals surface area contributed by atoms with Gasteiger partial charge < -0.3 is 0 Å². The van der Waals surface area contributed by atoms with Crippen molar-refractivity contribution in [2.24, 2.45) is 0 Å². The highest BCUT2D eigenvalue weighted by molar-refractivity contribution is 7.90. The fraction of sp³-hybridized carbons (Fsp3) is 0.833. The van der Waals surface area contributed by atoms with Crippen molar-refractivity contribution in [3.05, 3.63) is 12.2 Å². The Labute approximate surface area is 121 Å². The molecule has 2 N–H and O–H groups in total. The molecule has 1 unspecified atom stereocenters. The van der Waals surface area contributed by atoms with Crippen molar-refractivity contribution in [2.45, 2.75) is 57.1 Å². The van der Waals surface area contributed by atoms with E-state index in [0.29, 0.717) is 0 Å². The summed E-state index contributed by atoms with van der Waals surface area (Å²) in [5.41, 5.74) is 0. The first kappa shape index (κ1) is 19.6. The van der Waals surface area contributed by atoms with E-state index in [4.69, 9.17) is 9.11 Å². The quantitative estimate of drug-likeness (QED) is 0.342. The molecule has 0 aliphatic carbocycles. The second-order valence-corrected chi connectivity index (χ2v) is 7.99. The van der Waals surface area contributed by atoms with Crippen molar-refractivity contribution in [1.82, 2.24) is 0 Å². The van der Waals surface area contributed by atoms with Crippen molar-refractivity contribution >= 4 is 20.2 Å². The van der Waals surface area contributed by atoms with E-state index in [2.05, 4.69) is 6.92 Å². The van der Waals surface area contributed by atoms with Gasteiger partial charge in [-0.3, -0.25) is 9.11 Å². The van der Waals surface area contributed by atoms with Gasteiger partial charge >= 0.3 is 0 Å². The molecule has 0 aliphatic rings. The van der Waals surface area contributed by atoms with Gasteiger partial charge in [0, 0.05) is 0 Å². The van der Waals surface area contributed by atoms with Crippen molar-refractivity contribution in [3.63, 3.8) is 0 Å². The summed E-state index contributed by atoms with van der Waals surface area (Å²) in [6, 6.07) is 0. The van der Waals surface area contributed by atoms with Crippen LogP contribution >= 0.6 is 0 Å². The van der Waals surface area contributed by atoms with E-state index in [9.17, 15) is 16.8 Å². The Kier molecular flexibility index (Phi) is 9.28. The Morgan fingerprint density at radius 2 is 1.55 bits per heavy atom. The zero-order chi connectivity index (χ0) is 15.6. The van der Waals surface area contributed by atoms with E-state index in [1.165, 1.54) is 25.3 Å². The fourth-order valence-corrected chi connectivity index (χ4v) is 3.91. The van der Waals surface area contributed by atoms with Crippen LogP contribution < -0.4 is 0 Å². The summed E-state index contributed by atoms with van der Waals surface area (Å²) >= 11 is 0. The molecule has 8 heteroatoms. The van der Waals surface area contributed by atoms with Crippen LogP contribution in [-0.2, 0) is 20.2 Å². The maximum absolute atomic E-state index is 11.0. The first-order valence-corrected chi connectivity index (χ1v) is 9.84. The van der Waals surface area contributed by atoms with E-state index in [1.54, 1.807) is 6.08 Å². The molecule has 0 saturated carbocycles. The SMILES string of the molecule is CCCCCCC/C=C/CC(CS(=O)(=O)O)S(=O)(=O)O. The van der Waals surface area contributed by atoms with Crippen LogP contribution in [0, 0.1) is 0 Å². The summed E-state index contributed by atoms with van der Waals surface area (Å²) in [5.74, 6) is -0.993. The Hall–Kier alpha value is -0.440. The highest BCUT2D eigenvalue weighted by Crippen LogP contribution is 2.10. The maximum Gasteiger partial charge on any atom is 0.269 e. The van der Waals surface area contributed by atoms with Crippen molar-refractivity contribution in [2.75, 3.05) is 5.75 Å². The molecule has 120 valence electrons. The lowest BCUT2D eigenvalue weighted by atomic mass is 10.1. The number of rotatable bonds is 11. The van der Waals surface area contributed by atoms with Gasteiger partial charge in [0.25, 0.3) is 20.2 Å². The maximum atomic E-state index is 11.0. The van der Waals surface area contributed by atoms with Gasteiger partial charge in [0.2, 0.25) is 0 Å². The van der Waals surface area contributed by atoms with Crippen LogP contribution in [-0.4, -0.2) is 36.9 Å². The summed E-state index contributed by atoms with van der Waals surface area (Å²) in [5, 5.41) is -1.52. The Bertz CT molecular complexity index is 478. The van der Waals surface area contributed by atoms with Gasteiger partial charge in [-0.25, -0.2) is 0 Å². The van der Waals surface area contributed by atoms with Crippen LogP contribution in [0.2, 0.25) is 0 Å². The third-order valence-electron chi connectivity index (χ3n) is 2.86. The molecule has 0 saturated heterocycles. The fourth-order valence-electron chi connectivity index (χ4n) is 1.74. The first-order chi connectivity index (χ1) is 9.17. The van der Waals surface area contributed by atoms with E-state index in [0.717, 1.165) is 19.3 Å². The number of unbranched alkanes of at least 4 members (excludes halogenated alkanes) is 5. The molecule has 0 aromatic rings. The Morgan fingerprint density at radius 1 is 0.950 bits per heavy atom. The number of allylic oxidation sites excluding steroid dienone is 2.